The summed E-state index contributed by atoms with van der Waals surface area (Å²) in [6.07, 6.45) is 0.304. The molecule has 0 unspecified atom stereocenters. The lowest BCUT2D eigenvalue weighted by Gasteiger charge is -2.08. The molecule has 102 valence electrons. The largest absolute Gasteiger partial charge is 0.347 e. The van der Waals surface area contributed by atoms with Gasteiger partial charge in [0.1, 0.15) is 0 Å². The van der Waals surface area contributed by atoms with Crippen molar-refractivity contribution in [3.63, 3.8) is 0 Å². The molecule has 6 nitrogen and oxygen atoms in total. The van der Waals surface area contributed by atoms with Crippen molar-refractivity contribution in [2.45, 2.75) is 13.3 Å². The third-order valence-corrected chi connectivity index (χ3v) is 2.72. The molecule has 1 rings (SSSR count). The second-order valence-corrected chi connectivity index (χ2v) is 4.56. The van der Waals surface area contributed by atoms with Crippen molar-refractivity contribution in [2.24, 2.45) is 0 Å². The molecular weight excluding hydrogens is 314 g/mol. The second kappa shape index (κ2) is 7.52. The number of halogens is 1. The SMILES string of the molecule is CCC(=O)NCC(=O)NNC(=O)c1ccc(Br)cc1. The van der Waals surface area contributed by atoms with Gasteiger partial charge in [-0.1, -0.05) is 22.9 Å². The molecule has 3 amide bonds. The van der Waals surface area contributed by atoms with Crippen LogP contribution in [0, 0.1) is 0 Å². The van der Waals surface area contributed by atoms with Crippen LogP contribution in [-0.4, -0.2) is 24.3 Å². The predicted molar refractivity (Wildman–Crippen MR) is 73.1 cm³/mol. The average Bonchev–Trinajstić information content (AvgIpc) is 2.42. The zero-order valence-corrected chi connectivity index (χ0v) is 11.9. The van der Waals surface area contributed by atoms with Gasteiger partial charge in [0, 0.05) is 16.5 Å². The van der Waals surface area contributed by atoms with Crippen molar-refractivity contribution in [1.82, 2.24) is 16.2 Å². The summed E-state index contributed by atoms with van der Waals surface area (Å²) in [6.45, 7) is 1.51. The van der Waals surface area contributed by atoms with Crippen molar-refractivity contribution in [3.8, 4) is 0 Å². The molecule has 3 N–H and O–H groups in total. The first kappa shape index (κ1) is 15.2. The minimum absolute atomic E-state index is 0.173. The molecule has 0 heterocycles. The number of carbonyl (C=O) groups is 3. The van der Waals surface area contributed by atoms with Crippen LogP contribution < -0.4 is 16.2 Å². The fraction of sp³-hybridized carbons (Fsp3) is 0.250. The van der Waals surface area contributed by atoms with Crippen molar-refractivity contribution in [1.29, 1.82) is 0 Å². The van der Waals surface area contributed by atoms with Gasteiger partial charge in [0.2, 0.25) is 5.91 Å². The average molecular weight is 328 g/mol. The minimum atomic E-state index is -0.493. The maximum atomic E-state index is 11.6. The molecule has 7 heteroatoms. The van der Waals surface area contributed by atoms with Gasteiger partial charge in [-0.05, 0) is 24.3 Å². The second-order valence-electron chi connectivity index (χ2n) is 3.64. The van der Waals surface area contributed by atoms with Crippen LogP contribution in [0.3, 0.4) is 0 Å². The number of carbonyl (C=O) groups excluding carboxylic acids is 3. The van der Waals surface area contributed by atoms with Crippen molar-refractivity contribution in [3.05, 3.63) is 34.3 Å². The normalized spacial score (nSPS) is 9.58. The van der Waals surface area contributed by atoms with Crippen molar-refractivity contribution in [2.75, 3.05) is 6.54 Å². The molecule has 1 aromatic rings. The standard InChI is InChI=1S/C12H14BrN3O3/c1-2-10(17)14-7-11(18)15-16-12(19)8-3-5-9(13)6-4-8/h3-6H,2,7H2,1H3,(H,14,17)(H,15,18)(H,16,19). The monoisotopic (exact) mass is 327 g/mol. The number of hydrazine groups is 1. The van der Waals surface area contributed by atoms with Gasteiger partial charge >= 0.3 is 0 Å². The highest BCUT2D eigenvalue weighted by Gasteiger charge is 2.07. The van der Waals surface area contributed by atoms with E-state index in [2.05, 4.69) is 32.1 Å². The Labute approximate surface area is 119 Å². The molecule has 0 bridgehead atoms. The van der Waals surface area contributed by atoms with Gasteiger partial charge in [0.25, 0.3) is 11.8 Å². The highest BCUT2D eigenvalue weighted by molar-refractivity contribution is 9.10. The lowest BCUT2D eigenvalue weighted by Crippen LogP contribution is -2.46. The summed E-state index contributed by atoms with van der Waals surface area (Å²) in [6, 6.07) is 6.67. The Kier molecular flexibility index (Phi) is 6.01. The Morgan fingerprint density at radius 1 is 1.05 bits per heavy atom. The predicted octanol–water partition coefficient (Wildman–Crippen LogP) is 0.736. The maximum Gasteiger partial charge on any atom is 0.269 e. The summed E-state index contributed by atoms with van der Waals surface area (Å²) in [4.78, 5) is 33.9. The van der Waals surface area contributed by atoms with Crippen molar-refractivity contribution < 1.29 is 14.4 Å². The van der Waals surface area contributed by atoms with Crippen LogP contribution in [0.25, 0.3) is 0 Å². The molecule has 0 saturated carbocycles. The molecule has 0 spiro atoms. The number of hydrogen-bond acceptors (Lipinski definition) is 3. The first-order valence-corrected chi connectivity index (χ1v) is 6.43. The molecule has 19 heavy (non-hydrogen) atoms. The van der Waals surface area contributed by atoms with Crippen LogP contribution in [0.2, 0.25) is 0 Å². The Morgan fingerprint density at radius 2 is 1.68 bits per heavy atom. The van der Waals surface area contributed by atoms with Gasteiger partial charge < -0.3 is 5.32 Å². The highest BCUT2D eigenvalue weighted by atomic mass is 79.9. The van der Waals surface area contributed by atoms with E-state index in [9.17, 15) is 14.4 Å². The van der Waals surface area contributed by atoms with Crippen LogP contribution >= 0.6 is 15.9 Å². The molecule has 0 radical (unpaired) electrons. The third kappa shape index (κ3) is 5.52. The lowest BCUT2D eigenvalue weighted by atomic mass is 10.2. The number of benzene rings is 1. The van der Waals surface area contributed by atoms with E-state index in [4.69, 9.17) is 0 Å². The molecule has 0 aromatic heterocycles. The maximum absolute atomic E-state index is 11.6. The number of rotatable bonds is 4. The summed E-state index contributed by atoms with van der Waals surface area (Å²) in [7, 11) is 0. The van der Waals surface area contributed by atoms with E-state index in [1.165, 1.54) is 0 Å². The Bertz CT molecular complexity index is 474. The number of hydrogen-bond donors (Lipinski definition) is 3. The van der Waals surface area contributed by atoms with E-state index in [-0.39, 0.29) is 12.5 Å². The summed E-state index contributed by atoms with van der Waals surface area (Å²) < 4.78 is 0.857. The summed E-state index contributed by atoms with van der Waals surface area (Å²) >= 11 is 3.26. The van der Waals surface area contributed by atoms with E-state index >= 15 is 0 Å². The van der Waals surface area contributed by atoms with Crippen molar-refractivity contribution >= 4 is 33.7 Å². The minimum Gasteiger partial charge on any atom is -0.347 e. The zero-order valence-electron chi connectivity index (χ0n) is 10.3. The molecular formula is C12H14BrN3O3. The summed E-state index contributed by atoms with van der Waals surface area (Å²) in [5.41, 5.74) is 4.88. The lowest BCUT2D eigenvalue weighted by molar-refractivity contribution is -0.126. The Hall–Kier alpha value is -1.89. The Morgan fingerprint density at radius 3 is 2.26 bits per heavy atom. The third-order valence-electron chi connectivity index (χ3n) is 2.19. The van der Waals surface area contributed by atoms with E-state index in [0.717, 1.165) is 4.47 Å². The highest BCUT2D eigenvalue weighted by Crippen LogP contribution is 2.09. The van der Waals surface area contributed by atoms with E-state index < -0.39 is 11.8 Å². The van der Waals surface area contributed by atoms with E-state index in [1.54, 1.807) is 31.2 Å². The van der Waals surface area contributed by atoms with Crippen LogP contribution in [0.1, 0.15) is 23.7 Å². The molecule has 0 saturated heterocycles. The number of nitrogens with one attached hydrogen (secondary N) is 3. The molecule has 1 aromatic carbocycles. The summed E-state index contributed by atoms with van der Waals surface area (Å²) in [5, 5.41) is 2.39. The molecule has 0 aliphatic rings. The molecule has 0 aliphatic heterocycles. The molecule has 0 aliphatic carbocycles. The van der Waals surface area contributed by atoms with Crippen LogP contribution in [0.5, 0.6) is 0 Å². The van der Waals surface area contributed by atoms with Crippen LogP contribution in [0.15, 0.2) is 28.7 Å². The van der Waals surface area contributed by atoms with Gasteiger partial charge in [0.05, 0.1) is 6.54 Å². The van der Waals surface area contributed by atoms with Gasteiger partial charge in [-0.2, -0.15) is 0 Å². The fourth-order valence-corrected chi connectivity index (χ4v) is 1.41. The first-order valence-electron chi connectivity index (χ1n) is 5.64. The molecule has 0 fully saturated rings. The van der Waals surface area contributed by atoms with Gasteiger partial charge in [-0.25, -0.2) is 0 Å². The van der Waals surface area contributed by atoms with Crippen LogP contribution in [0.4, 0.5) is 0 Å². The van der Waals surface area contributed by atoms with Gasteiger partial charge in [0.15, 0.2) is 0 Å². The zero-order chi connectivity index (χ0) is 14.3. The smallest absolute Gasteiger partial charge is 0.269 e. The first-order chi connectivity index (χ1) is 9.02. The quantitative estimate of drug-likeness (QED) is 0.713. The van der Waals surface area contributed by atoms with Gasteiger partial charge in [-0.15, -0.1) is 0 Å². The summed E-state index contributed by atoms with van der Waals surface area (Å²) in [5.74, 6) is -1.15. The fourth-order valence-electron chi connectivity index (χ4n) is 1.15. The van der Waals surface area contributed by atoms with Gasteiger partial charge in [-0.3, -0.25) is 25.2 Å². The van der Waals surface area contributed by atoms with E-state index in [1.807, 2.05) is 0 Å². The molecule has 0 atom stereocenters. The Balaban J connectivity index is 2.36. The van der Waals surface area contributed by atoms with Crippen LogP contribution in [-0.2, 0) is 9.59 Å². The topological polar surface area (TPSA) is 87.3 Å². The number of amides is 3. The van der Waals surface area contributed by atoms with E-state index in [0.29, 0.717) is 12.0 Å².